The van der Waals surface area contributed by atoms with Gasteiger partial charge in [-0.3, -0.25) is 4.90 Å². The lowest BCUT2D eigenvalue weighted by Gasteiger charge is -2.35. The topological polar surface area (TPSA) is 90.5 Å². The summed E-state index contributed by atoms with van der Waals surface area (Å²) in [6, 6.07) is 6.19. The normalized spacial score (nSPS) is 15.4. The van der Waals surface area contributed by atoms with E-state index in [0.29, 0.717) is 18.1 Å². The van der Waals surface area contributed by atoms with E-state index in [4.69, 9.17) is 10.8 Å². The van der Waals surface area contributed by atoms with E-state index in [2.05, 4.69) is 51.1 Å². The summed E-state index contributed by atoms with van der Waals surface area (Å²) in [6.07, 6.45) is 1.55. The van der Waals surface area contributed by atoms with Gasteiger partial charge in [-0.1, -0.05) is 6.07 Å². The van der Waals surface area contributed by atoms with Crippen LogP contribution in [0.5, 0.6) is 0 Å². The fourth-order valence-electron chi connectivity index (χ4n) is 3.02. The molecular formula is C18H26N6O. The summed E-state index contributed by atoms with van der Waals surface area (Å²) in [5.41, 5.74) is 10.3. The van der Waals surface area contributed by atoms with Crippen LogP contribution in [-0.2, 0) is 0 Å². The van der Waals surface area contributed by atoms with E-state index in [0.717, 1.165) is 37.7 Å². The number of β-amino-alcohol motifs (C(OH)–C–C–N with tert-alkyl or cyclic N) is 1. The zero-order valence-electron chi connectivity index (χ0n) is 14.9. The number of piperazine rings is 1. The second-order valence-corrected chi connectivity index (χ2v) is 6.44. The molecule has 0 spiro atoms. The summed E-state index contributed by atoms with van der Waals surface area (Å²) >= 11 is 0. The van der Waals surface area contributed by atoms with Crippen LogP contribution in [0.25, 0.3) is 0 Å². The maximum Gasteiger partial charge on any atom is 0.159 e. The number of benzene rings is 1. The summed E-state index contributed by atoms with van der Waals surface area (Å²) in [5, 5.41) is 12.4. The molecular weight excluding hydrogens is 316 g/mol. The molecule has 1 aliphatic heterocycles. The number of hydrogen-bond donors (Lipinski definition) is 3. The van der Waals surface area contributed by atoms with Crippen LogP contribution in [0.15, 0.2) is 24.5 Å². The molecule has 0 unspecified atom stereocenters. The average molecular weight is 342 g/mol. The van der Waals surface area contributed by atoms with E-state index in [-0.39, 0.29) is 6.61 Å². The molecule has 1 fully saturated rings. The molecule has 1 aromatic carbocycles. The van der Waals surface area contributed by atoms with Crippen molar-refractivity contribution >= 4 is 23.0 Å². The monoisotopic (exact) mass is 342 g/mol. The predicted octanol–water partition coefficient (Wildman–Crippen LogP) is 1.53. The third-order valence-corrected chi connectivity index (χ3v) is 4.72. The number of hydrogen-bond acceptors (Lipinski definition) is 7. The zero-order valence-corrected chi connectivity index (χ0v) is 14.9. The third-order valence-electron chi connectivity index (χ3n) is 4.72. The van der Waals surface area contributed by atoms with Crippen molar-refractivity contribution in [1.82, 2.24) is 14.9 Å². The minimum absolute atomic E-state index is 0.194. The van der Waals surface area contributed by atoms with E-state index in [9.17, 15) is 0 Å². The van der Waals surface area contributed by atoms with E-state index in [1.807, 2.05) is 6.07 Å². The predicted molar refractivity (Wildman–Crippen MR) is 101 cm³/mol. The quantitative estimate of drug-likeness (QED) is 0.759. The minimum Gasteiger partial charge on any atom is -0.395 e. The molecule has 1 aromatic heterocycles. The molecule has 0 amide bonds. The first-order chi connectivity index (χ1) is 12.1. The molecule has 1 saturated heterocycles. The Morgan fingerprint density at radius 3 is 2.56 bits per heavy atom. The maximum absolute atomic E-state index is 9.05. The number of nitrogens with zero attached hydrogens (tertiary/aromatic N) is 4. The Bertz CT molecular complexity index is 728. The van der Waals surface area contributed by atoms with Gasteiger partial charge in [-0.25, -0.2) is 9.97 Å². The van der Waals surface area contributed by atoms with Crippen molar-refractivity contribution in [3.05, 3.63) is 35.7 Å². The summed E-state index contributed by atoms with van der Waals surface area (Å²) < 4.78 is 0. The summed E-state index contributed by atoms with van der Waals surface area (Å²) in [7, 11) is 0. The van der Waals surface area contributed by atoms with E-state index < -0.39 is 0 Å². The van der Waals surface area contributed by atoms with Crippen LogP contribution < -0.4 is 16.0 Å². The molecule has 0 bridgehead atoms. The molecule has 4 N–H and O–H groups in total. The van der Waals surface area contributed by atoms with Gasteiger partial charge in [-0.05, 0) is 37.1 Å². The third kappa shape index (κ3) is 4.00. The van der Waals surface area contributed by atoms with Crippen LogP contribution in [0.4, 0.5) is 23.0 Å². The number of aliphatic hydroxyl groups is 1. The van der Waals surface area contributed by atoms with Crippen molar-refractivity contribution < 1.29 is 5.11 Å². The fourth-order valence-corrected chi connectivity index (χ4v) is 3.02. The molecule has 1 aliphatic rings. The smallest absolute Gasteiger partial charge is 0.159 e. The standard InChI is InChI=1S/C18H26N6O/c1-13-3-4-15(11-14(13)2)22-17-16(19)18(21-12-20-17)24-7-5-23(6-8-24)9-10-25/h3-4,11-12,25H,5-10,19H2,1-2H3,(H,20,21,22). The summed E-state index contributed by atoms with van der Waals surface area (Å²) in [6.45, 7) is 8.54. The van der Waals surface area contributed by atoms with Crippen molar-refractivity contribution in [3.8, 4) is 0 Å². The van der Waals surface area contributed by atoms with Gasteiger partial charge in [0.15, 0.2) is 11.6 Å². The lowest BCUT2D eigenvalue weighted by molar-refractivity contribution is 0.188. The Hall–Kier alpha value is -2.38. The van der Waals surface area contributed by atoms with Crippen LogP contribution in [0.3, 0.4) is 0 Å². The molecule has 2 aromatic rings. The Morgan fingerprint density at radius 1 is 1.12 bits per heavy atom. The zero-order chi connectivity index (χ0) is 17.8. The highest BCUT2D eigenvalue weighted by atomic mass is 16.3. The SMILES string of the molecule is Cc1ccc(Nc2ncnc(N3CCN(CCO)CC3)c2N)cc1C. The average Bonchev–Trinajstić information content (AvgIpc) is 2.61. The van der Waals surface area contributed by atoms with Crippen molar-refractivity contribution in [2.75, 3.05) is 55.3 Å². The number of aliphatic hydroxyl groups excluding tert-OH is 1. The highest BCUT2D eigenvalue weighted by Gasteiger charge is 2.21. The van der Waals surface area contributed by atoms with Crippen molar-refractivity contribution in [2.24, 2.45) is 0 Å². The van der Waals surface area contributed by atoms with Gasteiger partial charge in [0.1, 0.15) is 12.0 Å². The van der Waals surface area contributed by atoms with E-state index >= 15 is 0 Å². The molecule has 7 nitrogen and oxygen atoms in total. The van der Waals surface area contributed by atoms with Crippen molar-refractivity contribution in [2.45, 2.75) is 13.8 Å². The lowest BCUT2D eigenvalue weighted by Crippen LogP contribution is -2.47. The van der Waals surface area contributed by atoms with Gasteiger partial charge < -0.3 is 21.1 Å². The number of rotatable bonds is 5. The van der Waals surface area contributed by atoms with Gasteiger partial charge in [0.2, 0.25) is 0 Å². The molecule has 0 aliphatic carbocycles. The molecule has 2 heterocycles. The second-order valence-electron chi connectivity index (χ2n) is 6.44. The Kier molecular flexibility index (Phi) is 5.35. The summed E-state index contributed by atoms with van der Waals surface area (Å²) in [4.78, 5) is 13.1. The minimum atomic E-state index is 0.194. The molecule has 0 saturated carbocycles. The number of aryl methyl sites for hydroxylation is 2. The molecule has 0 atom stereocenters. The maximum atomic E-state index is 9.05. The number of aromatic nitrogens is 2. The van der Waals surface area contributed by atoms with Crippen LogP contribution in [0.1, 0.15) is 11.1 Å². The van der Waals surface area contributed by atoms with Crippen LogP contribution in [-0.4, -0.2) is 59.3 Å². The molecule has 134 valence electrons. The Balaban J connectivity index is 1.75. The van der Waals surface area contributed by atoms with Crippen molar-refractivity contribution in [1.29, 1.82) is 0 Å². The number of anilines is 4. The largest absolute Gasteiger partial charge is 0.395 e. The molecule has 3 rings (SSSR count). The number of nitrogens with one attached hydrogen (secondary N) is 1. The first-order valence-electron chi connectivity index (χ1n) is 8.61. The number of nitrogens with two attached hydrogens (primary N) is 1. The first kappa shape index (κ1) is 17.4. The molecule has 25 heavy (non-hydrogen) atoms. The van der Waals surface area contributed by atoms with Gasteiger partial charge in [0, 0.05) is 38.4 Å². The van der Waals surface area contributed by atoms with Crippen LogP contribution >= 0.6 is 0 Å². The fraction of sp³-hybridized carbons (Fsp3) is 0.444. The van der Waals surface area contributed by atoms with E-state index in [1.165, 1.54) is 11.1 Å². The molecule has 7 heteroatoms. The van der Waals surface area contributed by atoms with Gasteiger partial charge in [0.05, 0.1) is 6.61 Å². The van der Waals surface area contributed by atoms with Gasteiger partial charge >= 0.3 is 0 Å². The van der Waals surface area contributed by atoms with E-state index in [1.54, 1.807) is 6.33 Å². The Morgan fingerprint density at radius 2 is 1.88 bits per heavy atom. The first-order valence-corrected chi connectivity index (χ1v) is 8.61. The van der Waals surface area contributed by atoms with Gasteiger partial charge in [-0.15, -0.1) is 0 Å². The summed E-state index contributed by atoms with van der Waals surface area (Å²) in [5.74, 6) is 1.40. The van der Waals surface area contributed by atoms with Crippen LogP contribution in [0.2, 0.25) is 0 Å². The van der Waals surface area contributed by atoms with Crippen LogP contribution in [0, 0.1) is 13.8 Å². The second kappa shape index (κ2) is 7.67. The number of nitrogen functional groups attached to an aromatic ring is 1. The lowest BCUT2D eigenvalue weighted by atomic mass is 10.1. The van der Waals surface area contributed by atoms with Crippen molar-refractivity contribution in [3.63, 3.8) is 0 Å². The van der Waals surface area contributed by atoms with Gasteiger partial charge in [-0.2, -0.15) is 0 Å². The highest BCUT2D eigenvalue weighted by molar-refractivity contribution is 5.78. The van der Waals surface area contributed by atoms with Gasteiger partial charge in [0.25, 0.3) is 0 Å². The molecule has 0 radical (unpaired) electrons. The highest BCUT2D eigenvalue weighted by Crippen LogP contribution is 2.29. The Labute approximate surface area is 148 Å².